The van der Waals surface area contributed by atoms with Gasteiger partial charge in [-0.25, -0.2) is 0 Å². The standard InChI is InChI=1S/C16H12BrN3O/c1-21-16-5-2-11(8-18)6-13(16)10-20-15-4-3-14(17)7-12(15)9-19/h2-7,20H,10H2,1H3. The first-order chi connectivity index (χ1) is 10.2. The molecule has 2 rings (SSSR count). The van der Waals surface area contributed by atoms with Crippen molar-refractivity contribution in [1.29, 1.82) is 10.5 Å². The minimum atomic E-state index is 0.467. The molecule has 0 atom stereocenters. The Labute approximate surface area is 131 Å². The van der Waals surface area contributed by atoms with Crippen molar-refractivity contribution in [3.8, 4) is 17.9 Å². The van der Waals surface area contributed by atoms with Gasteiger partial charge in [0.1, 0.15) is 11.8 Å². The number of hydrogen-bond donors (Lipinski definition) is 1. The Morgan fingerprint density at radius 3 is 2.62 bits per heavy atom. The van der Waals surface area contributed by atoms with Crippen LogP contribution in [0, 0.1) is 22.7 Å². The van der Waals surface area contributed by atoms with Gasteiger partial charge in [-0.1, -0.05) is 15.9 Å². The highest BCUT2D eigenvalue weighted by atomic mass is 79.9. The third kappa shape index (κ3) is 3.53. The molecule has 2 aromatic rings. The van der Waals surface area contributed by atoms with Crippen molar-refractivity contribution in [2.24, 2.45) is 0 Å². The van der Waals surface area contributed by atoms with Crippen LogP contribution in [-0.4, -0.2) is 7.11 Å². The molecule has 0 aliphatic heterocycles. The molecule has 0 amide bonds. The van der Waals surface area contributed by atoms with Crippen LogP contribution in [0.3, 0.4) is 0 Å². The molecule has 5 heteroatoms. The SMILES string of the molecule is COc1ccc(C#N)cc1CNc1ccc(Br)cc1C#N. The lowest BCUT2D eigenvalue weighted by atomic mass is 10.1. The highest BCUT2D eigenvalue weighted by Crippen LogP contribution is 2.24. The van der Waals surface area contributed by atoms with Gasteiger partial charge < -0.3 is 10.1 Å². The third-order valence-electron chi connectivity index (χ3n) is 2.98. The van der Waals surface area contributed by atoms with Crippen molar-refractivity contribution in [3.63, 3.8) is 0 Å². The number of nitrogens with one attached hydrogen (secondary N) is 1. The summed E-state index contributed by atoms with van der Waals surface area (Å²) >= 11 is 3.34. The lowest BCUT2D eigenvalue weighted by molar-refractivity contribution is 0.410. The molecule has 0 aromatic heterocycles. The normalized spacial score (nSPS) is 9.52. The molecule has 0 saturated carbocycles. The second-order valence-electron chi connectivity index (χ2n) is 4.29. The van der Waals surface area contributed by atoms with Crippen LogP contribution in [0.4, 0.5) is 5.69 Å². The Hall–Kier alpha value is -2.50. The number of ether oxygens (including phenoxy) is 1. The number of anilines is 1. The monoisotopic (exact) mass is 341 g/mol. The summed E-state index contributed by atoms with van der Waals surface area (Å²) in [5.74, 6) is 0.706. The predicted octanol–water partition coefficient (Wildman–Crippen LogP) is 3.81. The summed E-state index contributed by atoms with van der Waals surface area (Å²) in [4.78, 5) is 0. The van der Waals surface area contributed by atoms with E-state index in [1.807, 2.05) is 12.1 Å². The van der Waals surface area contributed by atoms with Crippen molar-refractivity contribution in [3.05, 3.63) is 57.6 Å². The highest BCUT2D eigenvalue weighted by molar-refractivity contribution is 9.10. The van der Waals surface area contributed by atoms with E-state index < -0.39 is 0 Å². The minimum Gasteiger partial charge on any atom is -0.496 e. The van der Waals surface area contributed by atoms with Crippen LogP contribution >= 0.6 is 15.9 Å². The first kappa shape index (κ1) is 14.9. The van der Waals surface area contributed by atoms with Gasteiger partial charge in [0, 0.05) is 16.6 Å². The van der Waals surface area contributed by atoms with Gasteiger partial charge in [-0.15, -0.1) is 0 Å². The van der Waals surface area contributed by atoms with E-state index in [2.05, 4.69) is 33.4 Å². The zero-order valence-electron chi connectivity index (χ0n) is 11.4. The fourth-order valence-corrected chi connectivity index (χ4v) is 2.30. The number of rotatable bonds is 4. The number of nitrogens with zero attached hydrogens (tertiary/aromatic N) is 2. The van der Waals surface area contributed by atoms with Crippen LogP contribution in [0.2, 0.25) is 0 Å². The molecule has 0 unspecified atom stereocenters. The van der Waals surface area contributed by atoms with Crippen molar-refractivity contribution >= 4 is 21.6 Å². The lowest BCUT2D eigenvalue weighted by Gasteiger charge is -2.12. The summed E-state index contributed by atoms with van der Waals surface area (Å²) in [5, 5.41) is 21.3. The minimum absolute atomic E-state index is 0.467. The van der Waals surface area contributed by atoms with Gasteiger partial charge in [0.05, 0.1) is 30.0 Å². The van der Waals surface area contributed by atoms with E-state index in [9.17, 15) is 0 Å². The van der Waals surface area contributed by atoms with Gasteiger partial charge in [-0.2, -0.15) is 10.5 Å². The molecule has 0 aliphatic carbocycles. The Morgan fingerprint density at radius 1 is 1.14 bits per heavy atom. The molecule has 2 aromatic carbocycles. The Morgan fingerprint density at radius 2 is 1.95 bits per heavy atom. The topological polar surface area (TPSA) is 68.8 Å². The maximum atomic E-state index is 9.14. The highest BCUT2D eigenvalue weighted by Gasteiger charge is 2.07. The summed E-state index contributed by atoms with van der Waals surface area (Å²) in [6, 6.07) is 15.0. The van der Waals surface area contributed by atoms with Gasteiger partial charge in [-0.3, -0.25) is 0 Å². The van der Waals surface area contributed by atoms with Gasteiger partial charge in [0.25, 0.3) is 0 Å². The molecule has 0 heterocycles. The summed E-state index contributed by atoms with van der Waals surface area (Å²) in [6.07, 6.45) is 0. The zero-order chi connectivity index (χ0) is 15.2. The van der Waals surface area contributed by atoms with E-state index in [-0.39, 0.29) is 0 Å². The van der Waals surface area contributed by atoms with E-state index in [0.717, 1.165) is 15.7 Å². The molecule has 104 valence electrons. The largest absolute Gasteiger partial charge is 0.496 e. The molecule has 0 saturated heterocycles. The number of methoxy groups -OCH3 is 1. The molecular weight excluding hydrogens is 330 g/mol. The van der Waals surface area contributed by atoms with Gasteiger partial charge in [0.15, 0.2) is 0 Å². The fraction of sp³-hybridized carbons (Fsp3) is 0.125. The third-order valence-corrected chi connectivity index (χ3v) is 3.47. The summed E-state index contributed by atoms with van der Waals surface area (Å²) in [7, 11) is 1.59. The molecule has 0 radical (unpaired) electrons. The van der Waals surface area contributed by atoms with Crippen molar-refractivity contribution < 1.29 is 4.74 Å². The number of benzene rings is 2. The van der Waals surface area contributed by atoms with Crippen molar-refractivity contribution in [2.75, 3.05) is 12.4 Å². The van der Waals surface area contributed by atoms with E-state index in [4.69, 9.17) is 15.3 Å². The second-order valence-corrected chi connectivity index (χ2v) is 5.21. The van der Waals surface area contributed by atoms with E-state index in [0.29, 0.717) is 23.4 Å². The smallest absolute Gasteiger partial charge is 0.123 e. The molecule has 21 heavy (non-hydrogen) atoms. The molecule has 0 bridgehead atoms. The van der Waals surface area contributed by atoms with Crippen molar-refractivity contribution in [2.45, 2.75) is 6.54 Å². The fourth-order valence-electron chi connectivity index (χ4n) is 1.94. The zero-order valence-corrected chi connectivity index (χ0v) is 12.9. The summed E-state index contributed by atoms with van der Waals surface area (Å²) in [5.41, 5.74) is 2.73. The molecule has 0 fully saturated rings. The maximum Gasteiger partial charge on any atom is 0.123 e. The first-order valence-corrected chi connectivity index (χ1v) is 6.97. The summed E-state index contributed by atoms with van der Waals surface area (Å²) < 4.78 is 6.14. The Bertz CT molecular complexity index is 744. The van der Waals surface area contributed by atoms with Crippen LogP contribution < -0.4 is 10.1 Å². The first-order valence-electron chi connectivity index (χ1n) is 6.18. The number of nitriles is 2. The molecule has 0 spiro atoms. The molecule has 1 N–H and O–H groups in total. The second kappa shape index (κ2) is 6.78. The molecule has 0 aliphatic rings. The van der Waals surface area contributed by atoms with Crippen LogP contribution in [-0.2, 0) is 6.54 Å². The van der Waals surface area contributed by atoms with E-state index in [1.54, 1.807) is 31.4 Å². The maximum absolute atomic E-state index is 9.14. The quantitative estimate of drug-likeness (QED) is 0.917. The molecule has 4 nitrogen and oxygen atoms in total. The number of hydrogen-bond acceptors (Lipinski definition) is 4. The van der Waals surface area contributed by atoms with Crippen LogP contribution in [0.5, 0.6) is 5.75 Å². The van der Waals surface area contributed by atoms with Crippen LogP contribution in [0.15, 0.2) is 40.9 Å². The average molecular weight is 342 g/mol. The van der Waals surface area contributed by atoms with Crippen LogP contribution in [0.25, 0.3) is 0 Å². The van der Waals surface area contributed by atoms with Crippen LogP contribution in [0.1, 0.15) is 16.7 Å². The number of halogens is 1. The van der Waals surface area contributed by atoms with Gasteiger partial charge in [-0.05, 0) is 36.4 Å². The van der Waals surface area contributed by atoms with Gasteiger partial charge in [0.2, 0.25) is 0 Å². The Kier molecular flexibility index (Phi) is 4.81. The summed E-state index contributed by atoms with van der Waals surface area (Å²) in [6.45, 7) is 0.467. The van der Waals surface area contributed by atoms with Gasteiger partial charge >= 0.3 is 0 Å². The lowest BCUT2D eigenvalue weighted by Crippen LogP contribution is -2.03. The van der Waals surface area contributed by atoms with Crippen molar-refractivity contribution in [1.82, 2.24) is 0 Å². The van der Waals surface area contributed by atoms with E-state index in [1.165, 1.54) is 0 Å². The van der Waals surface area contributed by atoms with E-state index >= 15 is 0 Å². The average Bonchev–Trinajstić information content (AvgIpc) is 2.53. The predicted molar refractivity (Wildman–Crippen MR) is 83.9 cm³/mol. The molecular formula is C16H12BrN3O. The Balaban J connectivity index is 2.24.